The zero-order valence-electron chi connectivity index (χ0n) is 14.0. The zero-order chi connectivity index (χ0) is 17.3. The molecular weight excluding hydrogens is 316 g/mol. The van der Waals surface area contributed by atoms with E-state index in [1.807, 2.05) is 6.92 Å². The van der Waals surface area contributed by atoms with Crippen LogP contribution < -0.4 is 0 Å². The highest BCUT2D eigenvalue weighted by Gasteiger charge is 2.78. The molecule has 0 amide bonds. The minimum Gasteiger partial charge on any atom is -0.459 e. The number of hydrogen-bond acceptors (Lipinski definition) is 7. The average Bonchev–Trinajstić information content (AvgIpc) is 2.80. The summed E-state index contributed by atoms with van der Waals surface area (Å²) in [4.78, 5) is 12.5. The number of esters is 1. The van der Waals surface area contributed by atoms with Gasteiger partial charge < -0.3 is 28.8 Å². The molecule has 4 fully saturated rings. The van der Waals surface area contributed by atoms with Crippen LogP contribution in [0.4, 0.5) is 0 Å². The molecule has 1 N–H and O–H groups in total. The van der Waals surface area contributed by atoms with Gasteiger partial charge in [-0.3, -0.25) is 4.79 Å². The number of aliphatic hydroxyl groups is 1. The normalized spacial score (nSPS) is 55.0. The fourth-order valence-electron chi connectivity index (χ4n) is 5.13. The lowest BCUT2D eigenvalue weighted by molar-refractivity contribution is -0.305. The molecular formula is C17H22O7. The van der Waals surface area contributed by atoms with Crippen molar-refractivity contribution >= 4 is 5.97 Å². The average molecular weight is 338 g/mol. The van der Waals surface area contributed by atoms with Crippen molar-refractivity contribution in [3.05, 3.63) is 0 Å². The Labute approximate surface area is 140 Å². The molecule has 4 bridgehead atoms. The lowest BCUT2D eigenvalue weighted by Gasteiger charge is -2.61. The number of rotatable bonds is 3. The summed E-state index contributed by atoms with van der Waals surface area (Å²) >= 11 is 0. The second kappa shape index (κ2) is 4.93. The van der Waals surface area contributed by atoms with Crippen LogP contribution in [0.1, 0.15) is 20.3 Å². The fraction of sp³-hybridized carbons (Fsp3) is 0.824. The Morgan fingerprint density at radius 2 is 2.21 bits per heavy atom. The predicted molar refractivity (Wildman–Crippen MR) is 79.3 cm³/mol. The summed E-state index contributed by atoms with van der Waals surface area (Å²) in [5.41, 5.74) is -3.46. The van der Waals surface area contributed by atoms with E-state index in [-0.39, 0.29) is 19.4 Å². The third-order valence-electron chi connectivity index (χ3n) is 6.41. The summed E-state index contributed by atoms with van der Waals surface area (Å²) in [6.45, 7) is 3.77. The largest absolute Gasteiger partial charge is 0.459 e. The number of hydrogen-bond donors (Lipinski definition) is 1. The van der Waals surface area contributed by atoms with Crippen LogP contribution in [0.15, 0.2) is 0 Å². The van der Waals surface area contributed by atoms with E-state index in [9.17, 15) is 9.90 Å². The van der Waals surface area contributed by atoms with Gasteiger partial charge in [-0.25, -0.2) is 0 Å². The third-order valence-corrected chi connectivity index (χ3v) is 6.41. The number of ether oxygens (including phenoxy) is 5. The summed E-state index contributed by atoms with van der Waals surface area (Å²) in [7, 11) is 1.52. The van der Waals surface area contributed by atoms with Crippen LogP contribution in [0.25, 0.3) is 0 Å². The first kappa shape index (κ1) is 16.3. The van der Waals surface area contributed by atoms with E-state index in [4.69, 9.17) is 30.1 Å². The first-order valence-electron chi connectivity index (χ1n) is 8.12. The van der Waals surface area contributed by atoms with E-state index in [0.29, 0.717) is 6.42 Å². The number of fused-ring (bicyclic) bond motifs is 2. The summed E-state index contributed by atoms with van der Waals surface area (Å²) < 4.78 is 28.3. The van der Waals surface area contributed by atoms with Crippen molar-refractivity contribution in [2.45, 2.75) is 50.0 Å². The van der Waals surface area contributed by atoms with E-state index < -0.39 is 47.0 Å². The van der Waals surface area contributed by atoms with Crippen molar-refractivity contribution in [1.82, 2.24) is 0 Å². The molecule has 0 aromatic carbocycles. The molecule has 3 aliphatic heterocycles. The first-order chi connectivity index (χ1) is 11.3. The molecule has 4 rings (SSSR count). The Balaban J connectivity index is 1.90. The fourth-order valence-corrected chi connectivity index (χ4v) is 5.13. The van der Waals surface area contributed by atoms with E-state index >= 15 is 0 Å². The summed E-state index contributed by atoms with van der Waals surface area (Å²) in [5.74, 6) is 1.42. The quantitative estimate of drug-likeness (QED) is 0.442. The van der Waals surface area contributed by atoms with Crippen molar-refractivity contribution in [1.29, 1.82) is 0 Å². The van der Waals surface area contributed by atoms with Gasteiger partial charge in [-0.1, -0.05) is 12.8 Å². The Bertz CT molecular complexity index is 611. The highest BCUT2D eigenvalue weighted by molar-refractivity contribution is 5.75. The van der Waals surface area contributed by atoms with Gasteiger partial charge in [0.25, 0.3) is 0 Å². The standard InChI is InChI=1S/C17H22O7/c1-5-17-12-11(22-8-20-4)14(24-17)21-7-9-13(18)23-10(16(17,3)19)6-15(9,12)2/h1,9-12,14,19H,6-8H2,2-4H3. The lowest BCUT2D eigenvalue weighted by atomic mass is 9.49. The van der Waals surface area contributed by atoms with Crippen LogP contribution in [0.3, 0.4) is 0 Å². The van der Waals surface area contributed by atoms with Crippen LogP contribution >= 0.6 is 0 Å². The molecule has 3 heterocycles. The lowest BCUT2D eigenvalue weighted by Crippen LogP contribution is -2.74. The van der Waals surface area contributed by atoms with Crippen molar-refractivity contribution in [3.8, 4) is 12.3 Å². The molecule has 24 heavy (non-hydrogen) atoms. The molecule has 0 radical (unpaired) electrons. The van der Waals surface area contributed by atoms with Crippen LogP contribution in [-0.2, 0) is 28.5 Å². The second-order valence-corrected chi connectivity index (χ2v) is 7.55. The van der Waals surface area contributed by atoms with Crippen LogP contribution in [0, 0.1) is 29.6 Å². The highest BCUT2D eigenvalue weighted by Crippen LogP contribution is 2.65. The Kier molecular flexibility index (Phi) is 3.35. The maximum Gasteiger partial charge on any atom is 0.312 e. The van der Waals surface area contributed by atoms with Crippen molar-refractivity contribution in [2.75, 3.05) is 20.5 Å². The summed E-state index contributed by atoms with van der Waals surface area (Å²) in [6.07, 6.45) is 4.32. The highest BCUT2D eigenvalue weighted by atomic mass is 16.7. The molecule has 7 heteroatoms. The monoisotopic (exact) mass is 338 g/mol. The Morgan fingerprint density at radius 3 is 2.88 bits per heavy atom. The maximum absolute atomic E-state index is 12.5. The first-order valence-corrected chi connectivity index (χ1v) is 8.12. The van der Waals surface area contributed by atoms with Gasteiger partial charge >= 0.3 is 5.97 Å². The SMILES string of the molecule is C#CC12OC3OCC4C(=O)OC(CC4(C)C1C3OCOC)C2(C)O. The van der Waals surface area contributed by atoms with Crippen LogP contribution in [0.2, 0.25) is 0 Å². The minimum absolute atomic E-state index is 0.0435. The molecule has 1 saturated carbocycles. The molecule has 4 aliphatic rings. The Morgan fingerprint density at radius 1 is 1.46 bits per heavy atom. The molecule has 8 atom stereocenters. The maximum atomic E-state index is 12.5. The zero-order valence-corrected chi connectivity index (χ0v) is 14.0. The van der Waals surface area contributed by atoms with Crippen LogP contribution in [0.5, 0.6) is 0 Å². The minimum atomic E-state index is -1.54. The second-order valence-electron chi connectivity index (χ2n) is 7.55. The smallest absolute Gasteiger partial charge is 0.312 e. The van der Waals surface area contributed by atoms with Crippen molar-refractivity contribution in [2.24, 2.45) is 17.3 Å². The van der Waals surface area contributed by atoms with Gasteiger partial charge in [0, 0.05) is 13.0 Å². The van der Waals surface area contributed by atoms with Gasteiger partial charge in [0.05, 0.1) is 12.5 Å². The Hall–Kier alpha value is -1.17. The topological polar surface area (TPSA) is 83.5 Å². The molecule has 0 aromatic rings. The number of carbonyl (C=O) groups is 1. The van der Waals surface area contributed by atoms with Gasteiger partial charge in [-0.15, -0.1) is 6.42 Å². The number of carbonyl (C=O) groups excluding carboxylic acids is 1. The van der Waals surface area contributed by atoms with Gasteiger partial charge in [-0.2, -0.15) is 0 Å². The summed E-state index contributed by atoms with van der Waals surface area (Å²) in [5, 5.41) is 11.2. The van der Waals surface area contributed by atoms with Gasteiger partial charge in [0.2, 0.25) is 0 Å². The summed E-state index contributed by atoms with van der Waals surface area (Å²) in [6, 6.07) is 0. The molecule has 132 valence electrons. The molecule has 1 aliphatic carbocycles. The van der Waals surface area contributed by atoms with Crippen molar-refractivity contribution in [3.63, 3.8) is 0 Å². The van der Waals surface area contributed by atoms with Gasteiger partial charge in [-0.05, 0) is 18.8 Å². The number of terminal acetylenes is 1. The van der Waals surface area contributed by atoms with Crippen LogP contribution in [-0.4, -0.2) is 61.3 Å². The van der Waals surface area contributed by atoms with E-state index in [2.05, 4.69) is 5.92 Å². The van der Waals surface area contributed by atoms with Crippen molar-refractivity contribution < 1.29 is 33.6 Å². The molecule has 7 nitrogen and oxygen atoms in total. The number of methoxy groups -OCH3 is 1. The molecule has 8 unspecified atom stereocenters. The van der Waals surface area contributed by atoms with Gasteiger partial charge in [0.15, 0.2) is 11.9 Å². The molecule has 0 aromatic heterocycles. The van der Waals surface area contributed by atoms with E-state index in [1.165, 1.54) is 7.11 Å². The van der Waals surface area contributed by atoms with E-state index in [1.54, 1.807) is 6.92 Å². The van der Waals surface area contributed by atoms with E-state index in [0.717, 1.165) is 0 Å². The predicted octanol–water partition coefficient (Wildman–Crippen LogP) is 0.0528. The molecule has 0 spiro atoms. The molecule has 3 saturated heterocycles. The van der Waals surface area contributed by atoms with Gasteiger partial charge in [0.1, 0.15) is 24.6 Å². The third kappa shape index (κ3) is 1.68.